The molecule has 2 aromatic carbocycles. The average Bonchev–Trinajstić information content (AvgIpc) is 3.18. The molecule has 1 fully saturated rings. The molecule has 0 radical (unpaired) electrons. The average molecular weight is 431 g/mol. The van der Waals surface area contributed by atoms with Crippen LogP contribution in [0.1, 0.15) is 65.4 Å². The van der Waals surface area contributed by atoms with Gasteiger partial charge in [-0.25, -0.2) is 4.79 Å². The van der Waals surface area contributed by atoms with E-state index in [1.54, 1.807) is 6.92 Å². The van der Waals surface area contributed by atoms with E-state index in [4.69, 9.17) is 4.74 Å². The maximum absolute atomic E-state index is 12.9. The topological polar surface area (TPSA) is 60.3 Å². The lowest BCUT2D eigenvalue weighted by molar-refractivity contribution is 0.0525. The molecular weight excluding hydrogens is 400 g/mol. The number of benzene rings is 2. The van der Waals surface area contributed by atoms with Crippen molar-refractivity contribution < 1.29 is 14.3 Å². The number of rotatable bonds is 6. The van der Waals surface area contributed by atoms with Crippen molar-refractivity contribution in [3.05, 3.63) is 77.5 Å². The highest BCUT2D eigenvalue weighted by atomic mass is 16.5. The lowest BCUT2D eigenvalue weighted by Crippen LogP contribution is -2.36. The van der Waals surface area contributed by atoms with Crippen molar-refractivity contribution in [2.75, 3.05) is 6.61 Å². The minimum atomic E-state index is -0.341. The van der Waals surface area contributed by atoms with E-state index >= 15 is 0 Å². The van der Waals surface area contributed by atoms with Crippen molar-refractivity contribution in [1.29, 1.82) is 0 Å². The van der Waals surface area contributed by atoms with E-state index in [9.17, 15) is 9.59 Å². The third-order valence-corrected chi connectivity index (χ3v) is 6.12. The van der Waals surface area contributed by atoms with Crippen molar-refractivity contribution in [3.63, 3.8) is 0 Å². The highest BCUT2D eigenvalue weighted by Gasteiger charge is 2.22. The number of hydrogen-bond acceptors (Lipinski definition) is 3. The summed E-state index contributed by atoms with van der Waals surface area (Å²) in [6, 6.07) is 19.7. The molecule has 0 atom stereocenters. The van der Waals surface area contributed by atoms with Crippen molar-refractivity contribution in [1.82, 2.24) is 9.88 Å². The molecule has 1 heterocycles. The number of aromatic nitrogens is 1. The van der Waals surface area contributed by atoms with E-state index in [1.165, 1.54) is 19.3 Å². The number of amides is 1. The zero-order valence-electron chi connectivity index (χ0n) is 18.8. The Bertz CT molecular complexity index is 1100. The van der Waals surface area contributed by atoms with Crippen LogP contribution in [0, 0.1) is 6.92 Å². The fourth-order valence-corrected chi connectivity index (χ4v) is 4.48. The first-order valence-corrected chi connectivity index (χ1v) is 11.4. The number of ether oxygens (including phenoxy) is 1. The minimum Gasteiger partial charge on any atom is -0.462 e. The van der Waals surface area contributed by atoms with E-state index in [0.717, 1.165) is 35.5 Å². The molecule has 1 N–H and O–H groups in total. The van der Waals surface area contributed by atoms with Gasteiger partial charge < -0.3 is 14.6 Å². The van der Waals surface area contributed by atoms with Gasteiger partial charge in [-0.3, -0.25) is 4.79 Å². The van der Waals surface area contributed by atoms with E-state index in [2.05, 4.69) is 5.32 Å². The first-order valence-electron chi connectivity index (χ1n) is 11.4. The Morgan fingerprint density at radius 1 is 1.00 bits per heavy atom. The normalized spacial score (nSPS) is 14.2. The Morgan fingerprint density at radius 3 is 2.47 bits per heavy atom. The van der Waals surface area contributed by atoms with Crippen molar-refractivity contribution in [2.24, 2.45) is 0 Å². The molecule has 5 nitrogen and oxygen atoms in total. The van der Waals surface area contributed by atoms with Gasteiger partial charge in [-0.1, -0.05) is 55.7 Å². The second kappa shape index (κ2) is 9.86. The van der Waals surface area contributed by atoms with Gasteiger partial charge >= 0.3 is 5.97 Å². The van der Waals surface area contributed by atoms with Crippen LogP contribution in [0.2, 0.25) is 0 Å². The molecule has 0 unspecified atom stereocenters. The summed E-state index contributed by atoms with van der Waals surface area (Å²) in [5, 5.41) is 3.19. The van der Waals surface area contributed by atoms with Gasteiger partial charge in [0.25, 0.3) is 5.91 Å². The number of hydrogen-bond donors (Lipinski definition) is 1. The van der Waals surface area contributed by atoms with Gasteiger partial charge in [-0.15, -0.1) is 0 Å². The summed E-state index contributed by atoms with van der Waals surface area (Å²) in [4.78, 5) is 25.5. The van der Waals surface area contributed by atoms with Gasteiger partial charge in [0.1, 0.15) is 0 Å². The summed E-state index contributed by atoms with van der Waals surface area (Å²) in [6.45, 7) is 4.03. The Balaban J connectivity index is 1.73. The summed E-state index contributed by atoms with van der Waals surface area (Å²) < 4.78 is 7.31. The van der Waals surface area contributed by atoms with E-state index in [0.29, 0.717) is 17.7 Å². The van der Waals surface area contributed by atoms with Gasteiger partial charge in [0.2, 0.25) is 0 Å². The molecule has 166 valence electrons. The van der Waals surface area contributed by atoms with Gasteiger partial charge in [-0.05, 0) is 56.5 Å². The van der Waals surface area contributed by atoms with Crippen LogP contribution in [-0.4, -0.2) is 29.1 Å². The molecule has 1 amide bonds. The van der Waals surface area contributed by atoms with Crippen LogP contribution in [0.15, 0.2) is 60.7 Å². The molecule has 1 aromatic heterocycles. The molecular formula is C27H30N2O3. The summed E-state index contributed by atoms with van der Waals surface area (Å²) in [7, 11) is 0. The third kappa shape index (κ3) is 4.62. The smallest absolute Gasteiger partial charge is 0.339 e. The summed E-state index contributed by atoms with van der Waals surface area (Å²) in [5.74, 6) is -0.387. The number of carbonyl (C=O) groups is 2. The first-order chi connectivity index (χ1) is 15.6. The van der Waals surface area contributed by atoms with E-state index < -0.39 is 0 Å². The predicted octanol–water partition coefficient (Wildman–Crippen LogP) is 5.69. The maximum Gasteiger partial charge on any atom is 0.339 e. The third-order valence-electron chi connectivity index (χ3n) is 6.12. The second-order valence-electron chi connectivity index (χ2n) is 8.31. The number of carbonyl (C=O) groups excluding carboxylic acids is 2. The number of nitrogens with zero attached hydrogens (tertiary/aromatic N) is 1. The zero-order valence-corrected chi connectivity index (χ0v) is 18.8. The standard InChI is InChI=1S/C27H30N2O3/c1-3-32-27(31)24-18-25(20-11-6-4-7-12-20)29(19(24)2)23-16-10-13-21(17-23)26(30)28-22-14-8-5-9-15-22/h4,6-7,10-13,16-18,22H,3,5,8-9,14-15H2,1-2H3,(H,28,30). The van der Waals surface area contributed by atoms with Crippen molar-refractivity contribution in [3.8, 4) is 16.9 Å². The zero-order chi connectivity index (χ0) is 22.5. The predicted molar refractivity (Wildman–Crippen MR) is 126 cm³/mol. The fourth-order valence-electron chi connectivity index (χ4n) is 4.48. The van der Waals surface area contributed by atoms with E-state index in [1.807, 2.05) is 72.2 Å². The van der Waals surface area contributed by atoms with Crippen LogP contribution in [0.5, 0.6) is 0 Å². The van der Waals surface area contributed by atoms with Gasteiger partial charge in [0.15, 0.2) is 0 Å². The number of esters is 1. The lowest BCUT2D eigenvalue weighted by Gasteiger charge is -2.23. The van der Waals surface area contributed by atoms with Gasteiger partial charge in [0.05, 0.1) is 17.9 Å². The Morgan fingerprint density at radius 2 is 1.75 bits per heavy atom. The quantitative estimate of drug-likeness (QED) is 0.511. The molecule has 0 bridgehead atoms. The molecule has 0 spiro atoms. The van der Waals surface area contributed by atoms with Crippen LogP contribution >= 0.6 is 0 Å². The Kier molecular flexibility index (Phi) is 6.74. The largest absolute Gasteiger partial charge is 0.462 e. The van der Waals surface area contributed by atoms with Crippen LogP contribution in [-0.2, 0) is 4.74 Å². The van der Waals surface area contributed by atoms with Crippen LogP contribution in [0.25, 0.3) is 16.9 Å². The fraction of sp³-hybridized carbons (Fsp3) is 0.333. The van der Waals surface area contributed by atoms with Crippen molar-refractivity contribution in [2.45, 2.75) is 52.0 Å². The maximum atomic E-state index is 12.9. The Labute approximate surface area is 189 Å². The minimum absolute atomic E-state index is 0.0459. The molecule has 32 heavy (non-hydrogen) atoms. The van der Waals surface area contributed by atoms with Crippen LogP contribution in [0.3, 0.4) is 0 Å². The summed E-state index contributed by atoms with van der Waals surface area (Å²) in [5.41, 5.74) is 4.65. The molecule has 5 heteroatoms. The highest BCUT2D eigenvalue weighted by molar-refractivity contribution is 5.95. The highest BCUT2D eigenvalue weighted by Crippen LogP contribution is 2.30. The van der Waals surface area contributed by atoms with Crippen molar-refractivity contribution >= 4 is 11.9 Å². The van der Waals surface area contributed by atoms with Gasteiger partial charge in [0, 0.05) is 23.0 Å². The summed E-state index contributed by atoms with van der Waals surface area (Å²) >= 11 is 0. The van der Waals surface area contributed by atoms with Crippen LogP contribution in [0.4, 0.5) is 0 Å². The lowest BCUT2D eigenvalue weighted by atomic mass is 9.95. The molecule has 3 aromatic rings. The molecule has 1 saturated carbocycles. The molecule has 0 aliphatic heterocycles. The Hall–Kier alpha value is -3.34. The summed E-state index contributed by atoms with van der Waals surface area (Å²) in [6.07, 6.45) is 5.68. The van der Waals surface area contributed by atoms with Gasteiger partial charge in [-0.2, -0.15) is 0 Å². The molecule has 0 saturated heterocycles. The number of nitrogens with one attached hydrogen (secondary N) is 1. The molecule has 1 aliphatic rings. The van der Waals surface area contributed by atoms with Crippen LogP contribution < -0.4 is 5.32 Å². The molecule has 1 aliphatic carbocycles. The monoisotopic (exact) mass is 430 g/mol. The SMILES string of the molecule is CCOC(=O)c1cc(-c2ccccc2)n(-c2cccc(C(=O)NC3CCCCC3)c2)c1C. The first kappa shape index (κ1) is 21.9. The molecule has 4 rings (SSSR count). The van der Waals surface area contributed by atoms with E-state index in [-0.39, 0.29) is 17.9 Å². The second-order valence-corrected chi connectivity index (χ2v) is 8.31.